The van der Waals surface area contributed by atoms with Crippen LogP contribution in [-0.2, 0) is 14.8 Å². The second kappa shape index (κ2) is 8.31. The van der Waals surface area contributed by atoms with Gasteiger partial charge in [0, 0.05) is 6.07 Å². The van der Waals surface area contributed by atoms with Gasteiger partial charge in [0.05, 0.1) is 28.3 Å². The molecule has 12 heteroatoms. The van der Waals surface area contributed by atoms with E-state index in [0.29, 0.717) is 5.69 Å². The van der Waals surface area contributed by atoms with Crippen molar-refractivity contribution in [3.8, 4) is 5.69 Å². The van der Waals surface area contributed by atoms with E-state index < -0.39 is 31.5 Å². The maximum atomic E-state index is 12.4. The molecule has 156 valence electrons. The molecule has 0 spiro atoms. The van der Waals surface area contributed by atoms with E-state index >= 15 is 0 Å². The highest BCUT2D eigenvalue weighted by Crippen LogP contribution is 2.32. The summed E-state index contributed by atoms with van der Waals surface area (Å²) in [7, 11) is -4.14. The van der Waals surface area contributed by atoms with Crippen molar-refractivity contribution < 1.29 is 22.9 Å². The van der Waals surface area contributed by atoms with Gasteiger partial charge in [-0.25, -0.2) is 23.0 Å². The number of anilines is 2. The summed E-state index contributed by atoms with van der Waals surface area (Å²) in [5.74, 6) is -0.558. The molecule has 1 heterocycles. The van der Waals surface area contributed by atoms with Crippen LogP contribution in [0, 0.1) is 10.1 Å². The largest absolute Gasteiger partial charge is 0.462 e. The average Bonchev–Trinajstić information content (AvgIpc) is 3.11. The predicted molar refractivity (Wildman–Crippen MR) is 107 cm³/mol. The van der Waals surface area contributed by atoms with Crippen LogP contribution in [0.3, 0.4) is 0 Å². The molecule has 1 aromatic heterocycles. The van der Waals surface area contributed by atoms with Crippen molar-refractivity contribution in [1.82, 2.24) is 9.78 Å². The fourth-order valence-corrected chi connectivity index (χ4v) is 3.20. The number of nitrogens with zero attached hydrogens (tertiary/aromatic N) is 3. The number of benzene rings is 2. The van der Waals surface area contributed by atoms with Crippen molar-refractivity contribution in [2.45, 2.75) is 11.8 Å². The first-order chi connectivity index (χ1) is 14.2. The van der Waals surface area contributed by atoms with E-state index in [9.17, 15) is 23.3 Å². The molecule has 3 rings (SSSR count). The smallest absolute Gasteiger partial charge is 0.343 e. The van der Waals surface area contributed by atoms with Crippen molar-refractivity contribution in [2.24, 2.45) is 5.14 Å². The highest BCUT2D eigenvalue weighted by molar-refractivity contribution is 7.89. The summed E-state index contributed by atoms with van der Waals surface area (Å²) in [4.78, 5) is 22.7. The zero-order valence-electron chi connectivity index (χ0n) is 15.7. The van der Waals surface area contributed by atoms with Gasteiger partial charge in [-0.2, -0.15) is 5.10 Å². The first-order valence-electron chi connectivity index (χ1n) is 8.61. The van der Waals surface area contributed by atoms with Gasteiger partial charge in [0.15, 0.2) is 0 Å². The van der Waals surface area contributed by atoms with E-state index in [-0.39, 0.29) is 23.7 Å². The van der Waals surface area contributed by atoms with Crippen molar-refractivity contribution in [3.05, 3.63) is 70.4 Å². The van der Waals surface area contributed by atoms with E-state index in [0.717, 1.165) is 12.1 Å². The molecule has 0 fully saturated rings. The van der Waals surface area contributed by atoms with Gasteiger partial charge in [-0.15, -0.1) is 0 Å². The fourth-order valence-electron chi connectivity index (χ4n) is 2.66. The van der Waals surface area contributed by atoms with Crippen LogP contribution < -0.4 is 10.5 Å². The van der Waals surface area contributed by atoms with Gasteiger partial charge in [-0.3, -0.25) is 10.1 Å². The van der Waals surface area contributed by atoms with E-state index in [2.05, 4.69) is 10.4 Å². The van der Waals surface area contributed by atoms with Crippen LogP contribution in [0.5, 0.6) is 0 Å². The molecule has 0 atom stereocenters. The molecule has 0 aliphatic rings. The zero-order chi connectivity index (χ0) is 21.9. The molecule has 30 heavy (non-hydrogen) atoms. The summed E-state index contributed by atoms with van der Waals surface area (Å²) in [6, 6.07) is 11.9. The van der Waals surface area contributed by atoms with E-state index in [1.165, 1.54) is 16.9 Å². The molecule has 11 nitrogen and oxygen atoms in total. The number of nitro groups is 1. The Morgan fingerprint density at radius 3 is 2.57 bits per heavy atom. The monoisotopic (exact) mass is 431 g/mol. The molecule has 0 radical (unpaired) electrons. The Morgan fingerprint density at radius 2 is 1.97 bits per heavy atom. The minimum Gasteiger partial charge on any atom is -0.462 e. The van der Waals surface area contributed by atoms with Crippen molar-refractivity contribution in [3.63, 3.8) is 0 Å². The van der Waals surface area contributed by atoms with Crippen LogP contribution in [0.4, 0.5) is 17.2 Å². The normalized spacial score (nSPS) is 11.1. The molecule has 3 N–H and O–H groups in total. The number of carbonyl (C=O) groups excluding carboxylic acids is 1. The Hall–Kier alpha value is -3.77. The number of sulfonamides is 1. The van der Waals surface area contributed by atoms with Crippen LogP contribution in [0.1, 0.15) is 17.3 Å². The quantitative estimate of drug-likeness (QED) is 0.327. The predicted octanol–water partition coefficient (Wildman–Crippen LogP) is 2.35. The molecule has 0 saturated carbocycles. The number of hydrogen-bond donors (Lipinski definition) is 2. The lowest BCUT2D eigenvalue weighted by molar-refractivity contribution is -0.384. The number of primary sulfonamides is 1. The maximum Gasteiger partial charge on any atom is 0.343 e. The summed E-state index contributed by atoms with van der Waals surface area (Å²) < 4.78 is 29.5. The van der Waals surface area contributed by atoms with Gasteiger partial charge < -0.3 is 10.1 Å². The van der Waals surface area contributed by atoms with Gasteiger partial charge in [0.1, 0.15) is 17.1 Å². The third kappa shape index (κ3) is 4.29. The standard InChI is InChI=1S/C18H17N5O6S/c1-2-29-18(24)14-11-20-22(12-6-4-3-5-7-12)17(14)21-15-9-8-13(30(19,27)28)10-16(15)23(25)26/h3-11,21H,2H2,1H3,(H2,19,27,28). The summed E-state index contributed by atoms with van der Waals surface area (Å²) in [5.41, 5.74) is 0.0256. The van der Waals surface area contributed by atoms with Crippen LogP contribution in [0.15, 0.2) is 59.6 Å². The lowest BCUT2D eigenvalue weighted by atomic mass is 10.2. The SMILES string of the molecule is CCOC(=O)c1cnn(-c2ccccc2)c1Nc1ccc(S(N)(=O)=O)cc1[N+](=O)[O-]. The fraction of sp³-hybridized carbons (Fsp3) is 0.111. The summed E-state index contributed by atoms with van der Waals surface area (Å²) in [5, 5.41) is 23.6. The van der Waals surface area contributed by atoms with Crippen molar-refractivity contribution in [1.29, 1.82) is 0 Å². The van der Waals surface area contributed by atoms with Crippen LogP contribution >= 0.6 is 0 Å². The number of nitrogens with two attached hydrogens (primary N) is 1. The Morgan fingerprint density at radius 1 is 1.27 bits per heavy atom. The Balaban J connectivity index is 2.15. The third-order valence-corrected chi connectivity index (χ3v) is 4.92. The Labute approximate surface area is 171 Å². The molecule has 2 aromatic carbocycles. The summed E-state index contributed by atoms with van der Waals surface area (Å²) >= 11 is 0. The maximum absolute atomic E-state index is 12.4. The van der Waals surface area contributed by atoms with Gasteiger partial charge in [0.25, 0.3) is 5.69 Å². The highest BCUT2D eigenvalue weighted by Gasteiger charge is 2.24. The van der Waals surface area contributed by atoms with Crippen LogP contribution in [-0.4, -0.2) is 35.7 Å². The highest BCUT2D eigenvalue weighted by atomic mass is 32.2. The minimum absolute atomic E-state index is 0.0468. The second-order valence-corrected chi connectivity index (χ2v) is 7.54. The molecule has 0 aliphatic heterocycles. The zero-order valence-corrected chi connectivity index (χ0v) is 16.5. The number of carbonyl (C=O) groups is 1. The number of rotatable bonds is 7. The number of nitrogens with one attached hydrogen (secondary N) is 1. The van der Waals surface area contributed by atoms with Crippen molar-refractivity contribution >= 4 is 33.2 Å². The molecule has 3 aromatic rings. The van der Waals surface area contributed by atoms with E-state index in [1.54, 1.807) is 37.3 Å². The number of hydrogen-bond acceptors (Lipinski definition) is 8. The summed E-state index contributed by atoms with van der Waals surface area (Å²) in [6.07, 6.45) is 1.28. The first-order valence-corrected chi connectivity index (χ1v) is 10.2. The minimum atomic E-state index is -4.14. The number of aromatic nitrogens is 2. The molecule has 0 unspecified atom stereocenters. The molecule has 0 saturated heterocycles. The summed E-state index contributed by atoms with van der Waals surface area (Å²) in [6.45, 7) is 1.77. The molecular formula is C18H17N5O6S. The number of para-hydroxylation sites is 1. The Bertz CT molecular complexity index is 1210. The second-order valence-electron chi connectivity index (χ2n) is 5.98. The van der Waals surface area contributed by atoms with E-state index in [4.69, 9.17) is 9.88 Å². The van der Waals surface area contributed by atoms with Gasteiger partial charge >= 0.3 is 5.97 Å². The van der Waals surface area contributed by atoms with Gasteiger partial charge in [0.2, 0.25) is 10.0 Å². The third-order valence-electron chi connectivity index (χ3n) is 4.01. The van der Waals surface area contributed by atoms with Crippen LogP contribution in [0.25, 0.3) is 5.69 Å². The Kier molecular flexibility index (Phi) is 5.80. The lowest BCUT2D eigenvalue weighted by Gasteiger charge is -2.12. The van der Waals surface area contributed by atoms with E-state index in [1.807, 2.05) is 0 Å². The lowest BCUT2D eigenvalue weighted by Crippen LogP contribution is -2.13. The topological polar surface area (TPSA) is 159 Å². The molecular weight excluding hydrogens is 414 g/mol. The van der Waals surface area contributed by atoms with Crippen LogP contribution in [0.2, 0.25) is 0 Å². The molecule has 0 aliphatic carbocycles. The first kappa shape index (κ1) is 21.0. The molecule has 0 bridgehead atoms. The number of esters is 1. The van der Waals surface area contributed by atoms with Gasteiger partial charge in [-0.05, 0) is 31.2 Å². The number of nitro benzene ring substituents is 1. The average molecular weight is 431 g/mol. The van der Waals surface area contributed by atoms with Gasteiger partial charge in [-0.1, -0.05) is 18.2 Å². The number of ether oxygens (including phenoxy) is 1. The molecule has 0 amide bonds. The van der Waals surface area contributed by atoms with Crippen molar-refractivity contribution in [2.75, 3.05) is 11.9 Å².